The van der Waals surface area contributed by atoms with Gasteiger partial charge in [0.2, 0.25) is 5.91 Å². The number of aryl methyl sites for hydroxylation is 1. The molecular formula is C17H23NO3. The van der Waals surface area contributed by atoms with E-state index in [2.05, 4.69) is 24.4 Å². The van der Waals surface area contributed by atoms with Gasteiger partial charge in [-0.15, -0.1) is 0 Å². The minimum atomic E-state index is -0.952. The van der Waals surface area contributed by atoms with Crippen LogP contribution in [0, 0.1) is 0 Å². The summed E-state index contributed by atoms with van der Waals surface area (Å²) in [7, 11) is 0. The highest BCUT2D eigenvalue weighted by Gasteiger charge is 2.39. The van der Waals surface area contributed by atoms with Gasteiger partial charge in [0.1, 0.15) is 5.60 Å². The Balaban J connectivity index is 1.84. The molecule has 0 saturated carbocycles. The number of carbonyl (C=O) groups excluding carboxylic acids is 1. The first-order chi connectivity index (χ1) is 10.0. The fourth-order valence-electron chi connectivity index (χ4n) is 2.34. The summed E-state index contributed by atoms with van der Waals surface area (Å²) in [6.45, 7) is 4.68. The summed E-state index contributed by atoms with van der Waals surface area (Å²) >= 11 is 0. The molecule has 1 fully saturated rings. The predicted octanol–water partition coefficient (Wildman–Crippen LogP) is 1.92. The first-order valence-corrected chi connectivity index (χ1v) is 7.42. The monoisotopic (exact) mass is 289 g/mol. The zero-order chi connectivity index (χ0) is 15.3. The molecule has 1 aromatic rings. The highest BCUT2D eigenvalue weighted by Crippen LogP contribution is 2.24. The highest BCUT2D eigenvalue weighted by molar-refractivity contribution is 5.91. The van der Waals surface area contributed by atoms with Crippen molar-refractivity contribution in [2.75, 3.05) is 13.2 Å². The van der Waals surface area contributed by atoms with Crippen LogP contribution in [0.15, 0.2) is 30.3 Å². The van der Waals surface area contributed by atoms with Gasteiger partial charge in [-0.3, -0.25) is 4.79 Å². The van der Waals surface area contributed by atoms with Crippen molar-refractivity contribution in [3.8, 4) is 0 Å². The number of rotatable bonds is 5. The van der Waals surface area contributed by atoms with E-state index >= 15 is 0 Å². The summed E-state index contributed by atoms with van der Waals surface area (Å²) in [4.78, 5) is 11.8. The molecule has 2 atom stereocenters. The van der Waals surface area contributed by atoms with Crippen molar-refractivity contribution in [2.24, 2.45) is 0 Å². The van der Waals surface area contributed by atoms with Crippen molar-refractivity contribution >= 4 is 12.0 Å². The van der Waals surface area contributed by atoms with Gasteiger partial charge in [-0.05, 0) is 30.5 Å². The summed E-state index contributed by atoms with van der Waals surface area (Å²) in [5.74, 6) is -0.206. The topological polar surface area (TPSA) is 58.6 Å². The Hall–Kier alpha value is -1.65. The molecule has 0 radical (unpaired) electrons. The molecule has 2 unspecified atom stereocenters. The Kier molecular flexibility index (Phi) is 5.15. The first kappa shape index (κ1) is 15.7. The van der Waals surface area contributed by atoms with Crippen LogP contribution in [0.5, 0.6) is 0 Å². The second kappa shape index (κ2) is 6.87. The van der Waals surface area contributed by atoms with Crippen LogP contribution >= 0.6 is 0 Å². The molecule has 0 bridgehead atoms. The van der Waals surface area contributed by atoms with E-state index in [0.29, 0.717) is 13.0 Å². The Bertz CT molecular complexity index is 509. The first-order valence-electron chi connectivity index (χ1n) is 7.42. The van der Waals surface area contributed by atoms with Crippen LogP contribution in [-0.4, -0.2) is 35.9 Å². The molecule has 1 aliphatic heterocycles. The van der Waals surface area contributed by atoms with Gasteiger partial charge in [0, 0.05) is 25.6 Å². The average Bonchev–Trinajstić information content (AvgIpc) is 2.83. The maximum absolute atomic E-state index is 11.8. The number of aliphatic hydroxyl groups is 1. The molecule has 0 spiro atoms. The van der Waals surface area contributed by atoms with Crippen LogP contribution < -0.4 is 5.32 Å². The molecule has 2 rings (SSSR count). The fraction of sp³-hybridized carbons (Fsp3) is 0.471. The van der Waals surface area contributed by atoms with Gasteiger partial charge in [0.25, 0.3) is 0 Å². The van der Waals surface area contributed by atoms with E-state index in [0.717, 1.165) is 12.0 Å². The molecule has 1 amide bonds. The lowest BCUT2D eigenvalue weighted by molar-refractivity contribution is -0.118. The number of nitrogens with one attached hydrogen (secondary N) is 1. The Labute approximate surface area is 125 Å². The van der Waals surface area contributed by atoms with Gasteiger partial charge in [-0.2, -0.15) is 0 Å². The maximum atomic E-state index is 11.8. The van der Waals surface area contributed by atoms with Gasteiger partial charge < -0.3 is 15.2 Å². The molecule has 4 heteroatoms. The molecule has 1 heterocycles. The Morgan fingerprint density at radius 3 is 2.76 bits per heavy atom. The Morgan fingerprint density at radius 1 is 1.48 bits per heavy atom. The molecule has 1 saturated heterocycles. The minimum absolute atomic E-state index is 0.206. The summed E-state index contributed by atoms with van der Waals surface area (Å²) in [6, 6.07) is 8.09. The predicted molar refractivity (Wildman–Crippen MR) is 82.8 cm³/mol. The molecule has 1 aromatic carbocycles. The van der Waals surface area contributed by atoms with Crippen LogP contribution in [0.2, 0.25) is 0 Å². The van der Waals surface area contributed by atoms with E-state index in [1.807, 2.05) is 19.1 Å². The van der Waals surface area contributed by atoms with Crippen LogP contribution in [0.25, 0.3) is 6.08 Å². The summed E-state index contributed by atoms with van der Waals surface area (Å²) in [6.07, 6.45) is 4.57. The second-order valence-electron chi connectivity index (χ2n) is 5.51. The smallest absolute Gasteiger partial charge is 0.244 e. The number of benzene rings is 1. The van der Waals surface area contributed by atoms with E-state index in [-0.39, 0.29) is 18.6 Å². The third kappa shape index (κ3) is 4.16. The van der Waals surface area contributed by atoms with Gasteiger partial charge in [0.15, 0.2) is 0 Å². The molecule has 1 aliphatic rings. The number of hydrogen-bond donors (Lipinski definition) is 2. The SMILES string of the molecule is CCc1ccc(/C=C/C(=O)NCC2(O)CCOC2C)cc1. The average molecular weight is 289 g/mol. The van der Waals surface area contributed by atoms with Crippen molar-refractivity contribution in [3.05, 3.63) is 41.5 Å². The van der Waals surface area contributed by atoms with Crippen molar-refractivity contribution in [3.63, 3.8) is 0 Å². The lowest BCUT2D eigenvalue weighted by Gasteiger charge is -2.25. The van der Waals surface area contributed by atoms with E-state index in [1.165, 1.54) is 11.6 Å². The van der Waals surface area contributed by atoms with Crippen molar-refractivity contribution in [2.45, 2.75) is 38.4 Å². The van der Waals surface area contributed by atoms with Gasteiger partial charge in [-0.25, -0.2) is 0 Å². The van der Waals surface area contributed by atoms with Gasteiger partial charge in [-0.1, -0.05) is 31.2 Å². The molecule has 21 heavy (non-hydrogen) atoms. The maximum Gasteiger partial charge on any atom is 0.244 e. The molecule has 0 aromatic heterocycles. The highest BCUT2D eigenvalue weighted by atomic mass is 16.5. The molecule has 0 aliphatic carbocycles. The summed E-state index contributed by atoms with van der Waals surface area (Å²) in [5.41, 5.74) is 1.30. The van der Waals surface area contributed by atoms with E-state index in [1.54, 1.807) is 6.08 Å². The van der Waals surface area contributed by atoms with Crippen LogP contribution in [-0.2, 0) is 16.0 Å². The number of ether oxygens (including phenoxy) is 1. The lowest BCUT2D eigenvalue weighted by atomic mass is 9.97. The van der Waals surface area contributed by atoms with Crippen LogP contribution in [0.1, 0.15) is 31.4 Å². The third-order valence-electron chi connectivity index (χ3n) is 4.04. The van der Waals surface area contributed by atoms with E-state index in [4.69, 9.17) is 4.74 Å². The lowest BCUT2D eigenvalue weighted by Crippen LogP contribution is -2.47. The van der Waals surface area contributed by atoms with Crippen LogP contribution in [0.3, 0.4) is 0 Å². The van der Waals surface area contributed by atoms with Gasteiger partial charge in [0.05, 0.1) is 6.10 Å². The second-order valence-corrected chi connectivity index (χ2v) is 5.51. The number of amides is 1. The van der Waals surface area contributed by atoms with Crippen molar-refractivity contribution in [1.82, 2.24) is 5.32 Å². The molecular weight excluding hydrogens is 266 g/mol. The van der Waals surface area contributed by atoms with Crippen molar-refractivity contribution in [1.29, 1.82) is 0 Å². The number of hydrogen-bond acceptors (Lipinski definition) is 3. The van der Waals surface area contributed by atoms with E-state index in [9.17, 15) is 9.90 Å². The minimum Gasteiger partial charge on any atom is -0.385 e. The van der Waals surface area contributed by atoms with E-state index < -0.39 is 5.60 Å². The zero-order valence-electron chi connectivity index (χ0n) is 12.6. The van der Waals surface area contributed by atoms with Crippen molar-refractivity contribution < 1.29 is 14.6 Å². The summed E-state index contributed by atoms with van der Waals surface area (Å²) < 4.78 is 5.33. The quantitative estimate of drug-likeness (QED) is 0.814. The largest absolute Gasteiger partial charge is 0.385 e. The standard InChI is InChI=1S/C17H23NO3/c1-3-14-4-6-15(7-5-14)8-9-16(19)18-12-17(20)10-11-21-13(17)2/h4-9,13,20H,3,10-12H2,1-2H3,(H,18,19)/b9-8+. The number of carbonyl (C=O) groups is 1. The molecule has 4 nitrogen and oxygen atoms in total. The van der Waals surface area contributed by atoms with Crippen LogP contribution in [0.4, 0.5) is 0 Å². The van der Waals surface area contributed by atoms with Gasteiger partial charge >= 0.3 is 0 Å². The summed E-state index contributed by atoms with van der Waals surface area (Å²) in [5, 5.41) is 13.0. The fourth-order valence-corrected chi connectivity index (χ4v) is 2.34. The zero-order valence-corrected chi connectivity index (χ0v) is 12.6. The third-order valence-corrected chi connectivity index (χ3v) is 4.04. The Morgan fingerprint density at radius 2 is 2.19 bits per heavy atom. The normalized spacial score (nSPS) is 25.4. The molecule has 2 N–H and O–H groups in total. The molecule has 114 valence electrons.